The van der Waals surface area contributed by atoms with Crippen LogP contribution >= 0.6 is 24.0 Å². The lowest BCUT2D eigenvalue weighted by atomic mass is 9.96. The molecule has 0 amide bonds. The monoisotopic (exact) mass is 546 g/mol. The van der Waals surface area contributed by atoms with Gasteiger partial charge in [-0.25, -0.2) is 17.5 Å². The van der Waals surface area contributed by atoms with Crippen molar-refractivity contribution in [1.82, 2.24) is 15.4 Å². The molecule has 3 rings (SSSR count). The third-order valence-corrected chi connectivity index (χ3v) is 6.59. The Morgan fingerprint density at radius 2 is 1.77 bits per heavy atom. The maximum absolute atomic E-state index is 13.5. The van der Waals surface area contributed by atoms with Crippen molar-refractivity contribution >= 4 is 40.0 Å². The first-order valence-corrected chi connectivity index (χ1v) is 11.2. The first-order chi connectivity index (χ1) is 13.9. The van der Waals surface area contributed by atoms with E-state index in [9.17, 15) is 12.8 Å². The molecule has 2 aromatic carbocycles. The second kappa shape index (κ2) is 10.5. The molecule has 9 heteroatoms. The summed E-state index contributed by atoms with van der Waals surface area (Å²) >= 11 is 0. The molecule has 0 aromatic heterocycles. The Morgan fingerprint density at radius 1 is 1.10 bits per heavy atom. The van der Waals surface area contributed by atoms with Crippen LogP contribution in [0.3, 0.4) is 0 Å². The number of hydrogen-bond donors (Lipinski definition) is 3. The van der Waals surface area contributed by atoms with Crippen molar-refractivity contribution in [3.05, 3.63) is 71.0 Å². The molecule has 0 unspecified atom stereocenters. The van der Waals surface area contributed by atoms with Crippen molar-refractivity contribution < 1.29 is 12.8 Å². The summed E-state index contributed by atoms with van der Waals surface area (Å²) in [6.07, 6.45) is 2.05. The quantitative estimate of drug-likeness (QED) is 0.270. The van der Waals surface area contributed by atoms with Crippen LogP contribution < -0.4 is 15.4 Å². The molecule has 0 atom stereocenters. The highest BCUT2D eigenvalue weighted by Gasteiger charge is 2.44. The van der Waals surface area contributed by atoms with Crippen LogP contribution in [0.25, 0.3) is 0 Å². The number of nitrogens with zero attached hydrogens (tertiary/aromatic N) is 1. The molecule has 1 fully saturated rings. The lowest BCUT2D eigenvalue weighted by Crippen LogP contribution is -2.40. The molecule has 0 bridgehead atoms. The van der Waals surface area contributed by atoms with Gasteiger partial charge in [0, 0.05) is 25.6 Å². The van der Waals surface area contributed by atoms with Gasteiger partial charge in [-0.15, -0.1) is 24.0 Å². The molecule has 30 heavy (non-hydrogen) atoms. The van der Waals surface area contributed by atoms with Gasteiger partial charge in [0.2, 0.25) is 10.0 Å². The van der Waals surface area contributed by atoms with Gasteiger partial charge in [-0.2, -0.15) is 0 Å². The molecular formula is C21H28FIN4O2S. The van der Waals surface area contributed by atoms with Gasteiger partial charge in [0.25, 0.3) is 0 Å². The standard InChI is InChI=1S/C21H27FN4O2S.HI/c1-23-20(26-15-21(10-11-21)18-4-3-5-19(22)12-18)25-13-16-6-8-17(9-7-16)14-29(27,28)24-2;/h3-9,12,24H,10-11,13-15H2,1-2H3,(H2,23,25,26);1H. The van der Waals surface area contributed by atoms with Crippen LogP contribution in [0.2, 0.25) is 0 Å². The molecule has 6 nitrogen and oxygen atoms in total. The van der Waals surface area contributed by atoms with Crippen molar-refractivity contribution in [3.63, 3.8) is 0 Å². The molecule has 164 valence electrons. The number of rotatable bonds is 8. The summed E-state index contributed by atoms with van der Waals surface area (Å²) in [6, 6.07) is 14.2. The van der Waals surface area contributed by atoms with E-state index in [0.29, 0.717) is 19.0 Å². The van der Waals surface area contributed by atoms with Crippen LogP contribution in [0, 0.1) is 5.82 Å². The number of guanidine groups is 1. The average Bonchev–Trinajstić information content (AvgIpc) is 3.50. The Labute approximate surface area is 194 Å². The van der Waals surface area contributed by atoms with E-state index in [1.54, 1.807) is 19.2 Å². The van der Waals surface area contributed by atoms with E-state index in [2.05, 4.69) is 20.3 Å². The van der Waals surface area contributed by atoms with Crippen LogP contribution in [0.5, 0.6) is 0 Å². The summed E-state index contributed by atoms with van der Waals surface area (Å²) in [5.41, 5.74) is 2.74. The Bertz CT molecular complexity index is 977. The number of sulfonamides is 1. The van der Waals surface area contributed by atoms with Gasteiger partial charge in [0.05, 0.1) is 5.75 Å². The number of hydrogen-bond acceptors (Lipinski definition) is 3. The average molecular weight is 546 g/mol. The third-order valence-electron chi connectivity index (χ3n) is 5.26. The molecule has 0 spiro atoms. The van der Waals surface area contributed by atoms with E-state index >= 15 is 0 Å². The summed E-state index contributed by atoms with van der Waals surface area (Å²) in [4.78, 5) is 4.26. The maximum atomic E-state index is 13.5. The minimum Gasteiger partial charge on any atom is -0.356 e. The van der Waals surface area contributed by atoms with Crippen LogP contribution in [-0.2, 0) is 27.7 Å². The van der Waals surface area contributed by atoms with Crippen molar-refractivity contribution in [2.75, 3.05) is 20.6 Å². The summed E-state index contributed by atoms with van der Waals surface area (Å²) in [6.45, 7) is 1.25. The van der Waals surface area contributed by atoms with E-state index in [-0.39, 0.29) is 41.0 Å². The van der Waals surface area contributed by atoms with Crippen molar-refractivity contribution in [1.29, 1.82) is 0 Å². The fourth-order valence-corrected chi connectivity index (χ4v) is 4.02. The predicted molar refractivity (Wildman–Crippen MR) is 129 cm³/mol. The van der Waals surface area contributed by atoms with Crippen molar-refractivity contribution in [2.24, 2.45) is 4.99 Å². The molecule has 1 aliphatic carbocycles. The molecule has 3 N–H and O–H groups in total. The van der Waals surface area contributed by atoms with E-state index in [1.807, 2.05) is 30.3 Å². The zero-order valence-corrected chi connectivity index (χ0v) is 20.3. The maximum Gasteiger partial charge on any atom is 0.215 e. The highest BCUT2D eigenvalue weighted by Crippen LogP contribution is 2.47. The molecule has 1 aliphatic rings. The fraction of sp³-hybridized carbons (Fsp3) is 0.381. The topological polar surface area (TPSA) is 82.6 Å². The van der Waals surface area contributed by atoms with E-state index in [0.717, 1.165) is 29.5 Å². The highest BCUT2D eigenvalue weighted by atomic mass is 127. The summed E-state index contributed by atoms with van der Waals surface area (Å²) < 4.78 is 39.1. The van der Waals surface area contributed by atoms with Gasteiger partial charge in [-0.3, -0.25) is 4.99 Å². The largest absolute Gasteiger partial charge is 0.356 e. The molecule has 0 heterocycles. The number of halogens is 2. The minimum atomic E-state index is -3.27. The predicted octanol–water partition coefficient (Wildman–Crippen LogP) is 2.89. The van der Waals surface area contributed by atoms with Gasteiger partial charge in [-0.05, 0) is 48.7 Å². The first-order valence-electron chi connectivity index (χ1n) is 9.55. The SMILES string of the molecule is CN=C(NCc1ccc(CS(=O)(=O)NC)cc1)NCC1(c2cccc(F)c2)CC1.I. The number of benzene rings is 2. The minimum absolute atomic E-state index is 0. The van der Waals surface area contributed by atoms with Crippen molar-refractivity contribution in [3.8, 4) is 0 Å². The van der Waals surface area contributed by atoms with E-state index in [1.165, 1.54) is 13.1 Å². The van der Waals surface area contributed by atoms with Gasteiger partial charge >= 0.3 is 0 Å². The smallest absolute Gasteiger partial charge is 0.215 e. The highest BCUT2D eigenvalue weighted by molar-refractivity contribution is 14.0. The van der Waals surface area contributed by atoms with Gasteiger partial charge in [-0.1, -0.05) is 36.4 Å². The lowest BCUT2D eigenvalue weighted by Gasteiger charge is -2.19. The van der Waals surface area contributed by atoms with Gasteiger partial charge in [0.1, 0.15) is 5.82 Å². The molecule has 0 radical (unpaired) electrons. The van der Waals surface area contributed by atoms with Crippen LogP contribution in [0.15, 0.2) is 53.5 Å². The second-order valence-corrected chi connectivity index (χ2v) is 9.28. The molecule has 2 aromatic rings. The first kappa shape index (κ1) is 24.5. The molecular weight excluding hydrogens is 518 g/mol. The van der Waals surface area contributed by atoms with E-state index < -0.39 is 10.0 Å². The van der Waals surface area contributed by atoms with Crippen LogP contribution in [0.1, 0.15) is 29.5 Å². The molecule has 0 aliphatic heterocycles. The Hall–Kier alpha value is -1.72. The van der Waals surface area contributed by atoms with Crippen LogP contribution in [-0.4, -0.2) is 35.0 Å². The van der Waals surface area contributed by atoms with Gasteiger partial charge in [0.15, 0.2) is 5.96 Å². The zero-order valence-electron chi connectivity index (χ0n) is 17.1. The molecule has 1 saturated carbocycles. The molecule has 0 saturated heterocycles. The Kier molecular flexibility index (Phi) is 8.62. The zero-order chi connectivity index (χ0) is 20.9. The number of aliphatic imine (C=N–C) groups is 1. The Morgan fingerprint density at radius 3 is 2.33 bits per heavy atom. The van der Waals surface area contributed by atoms with Crippen LogP contribution in [0.4, 0.5) is 4.39 Å². The third kappa shape index (κ3) is 6.64. The van der Waals surface area contributed by atoms with Gasteiger partial charge < -0.3 is 10.6 Å². The van der Waals surface area contributed by atoms with Crippen molar-refractivity contribution in [2.45, 2.75) is 30.6 Å². The summed E-state index contributed by atoms with van der Waals surface area (Å²) in [5, 5.41) is 6.60. The summed E-state index contributed by atoms with van der Waals surface area (Å²) in [7, 11) is -0.154. The lowest BCUT2D eigenvalue weighted by molar-refractivity contribution is 0.587. The normalized spacial score (nSPS) is 15.2. The number of nitrogens with one attached hydrogen (secondary N) is 3. The second-order valence-electron chi connectivity index (χ2n) is 7.35. The van der Waals surface area contributed by atoms with E-state index in [4.69, 9.17) is 0 Å². The summed E-state index contributed by atoms with van der Waals surface area (Å²) in [5.74, 6) is 0.430. The fourth-order valence-electron chi connectivity index (χ4n) is 3.24. The Balaban J connectivity index is 0.00000320.